The first-order chi connectivity index (χ1) is 24.7. The largest absolute Gasteiger partial charge is 0.346 e. The van der Waals surface area contributed by atoms with E-state index in [0.717, 1.165) is 64.2 Å². The fourth-order valence-corrected chi connectivity index (χ4v) is 8.07. The monoisotopic (exact) mass is 724 g/mol. The van der Waals surface area contributed by atoms with Crippen LogP contribution < -0.4 is 21.3 Å². The minimum atomic E-state index is -1.03. The predicted molar refractivity (Wildman–Crippen MR) is 201 cm³/mol. The van der Waals surface area contributed by atoms with Crippen molar-refractivity contribution in [3.63, 3.8) is 0 Å². The zero-order valence-electron chi connectivity index (χ0n) is 32.2. The molecule has 1 saturated heterocycles. The molecule has 12 heteroatoms. The highest BCUT2D eigenvalue weighted by Gasteiger charge is 2.46. The zero-order chi connectivity index (χ0) is 38.0. The highest BCUT2D eigenvalue weighted by Crippen LogP contribution is 2.33. The molecule has 2 heterocycles. The van der Waals surface area contributed by atoms with Crippen molar-refractivity contribution in [2.45, 2.75) is 142 Å². The second kappa shape index (κ2) is 18.9. The van der Waals surface area contributed by atoms with Crippen molar-refractivity contribution in [2.75, 3.05) is 19.6 Å². The molecule has 2 unspecified atom stereocenters. The first kappa shape index (κ1) is 41.1. The lowest BCUT2D eigenvalue weighted by molar-refractivity contribution is -0.143. The number of Topliss-reactive ketones (excluding diaryl/α,β-unsaturated/α-hetero) is 1. The molecule has 0 radical (unpaired) electrons. The number of carbonyl (C=O) groups is 6. The maximum Gasteiger partial charge on any atom is 0.315 e. The zero-order valence-corrected chi connectivity index (χ0v) is 32.2. The van der Waals surface area contributed by atoms with Crippen molar-refractivity contribution in [1.82, 2.24) is 31.1 Å². The molecule has 4 N–H and O–H groups in total. The van der Waals surface area contributed by atoms with Crippen molar-refractivity contribution < 1.29 is 28.8 Å². The van der Waals surface area contributed by atoms with Gasteiger partial charge in [-0.25, -0.2) is 4.79 Å². The number of piperidine rings is 1. The Balaban J connectivity index is 1.52. The maximum atomic E-state index is 14.5. The van der Waals surface area contributed by atoms with Crippen LogP contribution in [0.3, 0.4) is 0 Å². The average Bonchev–Trinajstić information content (AvgIpc) is 3.54. The standard InChI is InChI=1S/C40H64N6O6/c1-7-22-41-37(50)34(48)30(20-19-27-14-13-15-27)42-36(49)33-29(26(2)3)21-24-46(33)38(51)35(40(4,5)6)44-39(52)43-31(28-16-9-8-10-17-28)25-45-23-12-11-18-32(45)47/h7,21,24,26-31,33,35H,1,8-20,22-23,25H2,2-6H3,(H,41,50)(H,42,49)(H2,43,44,52)/t29?,30?,31-,33+,35-/m1/s1. The molecular formula is C40H64N6O6. The number of likely N-dealkylation sites (tertiary alicyclic amines) is 1. The lowest BCUT2D eigenvalue weighted by Crippen LogP contribution is -2.62. The third kappa shape index (κ3) is 10.9. The van der Waals surface area contributed by atoms with Crippen LogP contribution in [0.4, 0.5) is 4.79 Å². The summed E-state index contributed by atoms with van der Waals surface area (Å²) in [5.41, 5.74) is -0.729. The topological polar surface area (TPSA) is 157 Å². The molecule has 52 heavy (non-hydrogen) atoms. The van der Waals surface area contributed by atoms with Gasteiger partial charge in [-0.15, -0.1) is 6.58 Å². The molecule has 12 nitrogen and oxygen atoms in total. The molecule has 0 aromatic heterocycles. The predicted octanol–water partition coefficient (Wildman–Crippen LogP) is 4.59. The molecule has 0 spiro atoms. The van der Waals surface area contributed by atoms with Gasteiger partial charge in [0.15, 0.2) is 0 Å². The summed E-state index contributed by atoms with van der Waals surface area (Å²) in [5.74, 6) is -2.02. The van der Waals surface area contributed by atoms with E-state index in [1.165, 1.54) is 11.0 Å². The molecule has 2 aliphatic heterocycles. The summed E-state index contributed by atoms with van der Waals surface area (Å²) in [6.07, 6.45) is 16.9. The molecule has 4 aliphatic rings. The van der Waals surface area contributed by atoms with Crippen LogP contribution in [0.5, 0.6) is 0 Å². The first-order valence-electron chi connectivity index (χ1n) is 19.8. The van der Waals surface area contributed by atoms with Crippen LogP contribution in [0, 0.1) is 29.1 Å². The molecular weight excluding hydrogens is 660 g/mol. The molecule has 5 atom stereocenters. The Morgan fingerprint density at radius 3 is 2.25 bits per heavy atom. The van der Waals surface area contributed by atoms with Gasteiger partial charge in [0.25, 0.3) is 5.91 Å². The van der Waals surface area contributed by atoms with Gasteiger partial charge < -0.3 is 31.1 Å². The number of ketones is 1. The van der Waals surface area contributed by atoms with Gasteiger partial charge in [0.05, 0.1) is 12.1 Å². The SMILES string of the molecule is C=CCNC(=O)C(=O)C(CCC1CCC1)NC(=O)[C@@H]1C(C(C)C)C=CN1C(=O)[C@@H](NC(=O)N[C@H](CN1CCCCC1=O)C1CCCCC1)C(C)(C)C. The highest BCUT2D eigenvalue weighted by atomic mass is 16.2. The number of amides is 6. The summed E-state index contributed by atoms with van der Waals surface area (Å²) in [7, 11) is 0. The number of nitrogens with zero attached hydrogens (tertiary/aromatic N) is 2. The third-order valence-electron chi connectivity index (χ3n) is 11.5. The average molecular weight is 725 g/mol. The Morgan fingerprint density at radius 2 is 1.65 bits per heavy atom. The Bertz CT molecular complexity index is 1330. The minimum Gasteiger partial charge on any atom is -0.346 e. The maximum absolute atomic E-state index is 14.5. The fourth-order valence-electron chi connectivity index (χ4n) is 8.07. The first-order valence-corrected chi connectivity index (χ1v) is 19.8. The summed E-state index contributed by atoms with van der Waals surface area (Å²) >= 11 is 0. The van der Waals surface area contributed by atoms with Gasteiger partial charge in [0.1, 0.15) is 12.1 Å². The van der Waals surface area contributed by atoms with Gasteiger partial charge in [-0.2, -0.15) is 0 Å². The smallest absolute Gasteiger partial charge is 0.315 e. The summed E-state index contributed by atoms with van der Waals surface area (Å²) in [6.45, 7) is 14.4. The summed E-state index contributed by atoms with van der Waals surface area (Å²) in [6, 6.07) is -3.73. The Labute approximate surface area is 310 Å². The van der Waals surface area contributed by atoms with Crippen LogP contribution in [0.1, 0.15) is 118 Å². The van der Waals surface area contributed by atoms with Gasteiger partial charge in [-0.1, -0.05) is 85.3 Å². The number of hydrogen-bond acceptors (Lipinski definition) is 6. The van der Waals surface area contributed by atoms with Crippen molar-refractivity contribution >= 4 is 35.4 Å². The number of nitrogens with one attached hydrogen (secondary N) is 4. The van der Waals surface area contributed by atoms with E-state index in [1.807, 2.05) is 45.6 Å². The third-order valence-corrected chi connectivity index (χ3v) is 11.5. The molecule has 2 aliphatic carbocycles. The van der Waals surface area contributed by atoms with Gasteiger partial charge in [-0.3, -0.25) is 24.0 Å². The van der Waals surface area contributed by atoms with Gasteiger partial charge >= 0.3 is 6.03 Å². The van der Waals surface area contributed by atoms with Gasteiger partial charge in [-0.05, 0) is 61.7 Å². The molecule has 0 bridgehead atoms. The van der Waals surface area contributed by atoms with E-state index < -0.39 is 53.1 Å². The molecule has 4 rings (SSSR count). The van der Waals surface area contributed by atoms with Crippen LogP contribution >= 0.6 is 0 Å². The van der Waals surface area contributed by atoms with E-state index in [1.54, 1.807) is 6.20 Å². The molecule has 0 aromatic rings. The van der Waals surface area contributed by atoms with E-state index in [0.29, 0.717) is 38.3 Å². The van der Waals surface area contributed by atoms with E-state index in [4.69, 9.17) is 0 Å². The van der Waals surface area contributed by atoms with E-state index in [-0.39, 0.29) is 36.2 Å². The van der Waals surface area contributed by atoms with Crippen LogP contribution in [0.2, 0.25) is 0 Å². The number of urea groups is 1. The molecule has 2 saturated carbocycles. The van der Waals surface area contributed by atoms with Crippen LogP contribution in [-0.4, -0.2) is 89.0 Å². The van der Waals surface area contributed by atoms with Crippen molar-refractivity contribution in [1.29, 1.82) is 0 Å². The summed E-state index contributed by atoms with van der Waals surface area (Å²) in [5, 5.41) is 11.5. The van der Waals surface area contributed by atoms with Crippen LogP contribution in [0.15, 0.2) is 24.9 Å². The molecule has 290 valence electrons. The normalized spacial score (nSPS) is 23.0. The van der Waals surface area contributed by atoms with E-state index >= 15 is 0 Å². The van der Waals surface area contributed by atoms with Crippen LogP contribution in [-0.2, 0) is 24.0 Å². The Hall–Kier alpha value is -3.70. The fraction of sp³-hybridized carbons (Fsp3) is 0.750. The number of hydrogen-bond donors (Lipinski definition) is 4. The second-order valence-electron chi connectivity index (χ2n) is 16.9. The van der Waals surface area contributed by atoms with Gasteiger partial charge in [0, 0.05) is 38.2 Å². The highest BCUT2D eigenvalue weighted by molar-refractivity contribution is 6.38. The van der Waals surface area contributed by atoms with Crippen molar-refractivity contribution in [2.24, 2.45) is 29.1 Å². The Morgan fingerprint density at radius 1 is 0.942 bits per heavy atom. The van der Waals surface area contributed by atoms with Crippen LogP contribution in [0.25, 0.3) is 0 Å². The lowest BCUT2D eigenvalue weighted by Gasteiger charge is -2.38. The minimum absolute atomic E-state index is 0.0251. The van der Waals surface area contributed by atoms with Crippen molar-refractivity contribution in [3.8, 4) is 0 Å². The van der Waals surface area contributed by atoms with E-state index in [9.17, 15) is 28.8 Å². The van der Waals surface area contributed by atoms with Gasteiger partial charge in [0.2, 0.25) is 23.5 Å². The second-order valence-corrected chi connectivity index (χ2v) is 16.9. The number of carbonyl (C=O) groups excluding carboxylic acids is 6. The van der Waals surface area contributed by atoms with E-state index in [2.05, 4.69) is 27.8 Å². The quantitative estimate of drug-likeness (QED) is 0.135. The molecule has 3 fully saturated rings. The summed E-state index contributed by atoms with van der Waals surface area (Å²) < 4.78 is 0. The van der Waals surface area contributed by atoms with Crippen molar-refractivity contribution in [3.05, 3.63) is 24.9 Å². The number of rotatable bonds is 16. The summed E-state index contributed by atoms with van der Waals surface area (Å²) in [4.78, 5) is 84.6. The lowest BCUT2D eigenvalue weighted by atomic mass is 9.81. The Kier molecular flexibility index (Phi) is 14.9. The molecule has 0 aromatic carbocycles. The molecule has 6 amide bonds.